The first-order valence-corrected chi connectivity index (χ1v) is 6.58. The summed E-state index contributed by atoms with van der Waals surface area (Å²) in [6.07, 6.45) is 1.66. The molecular weight excluding hydrogens is 246 g/mol. The second-order valence-electron chi connectivity index (χ2n) is 4.91. The fourth-order valence-electron chi connectivity index (χ4n) is 2.12. The summed E-state index contributed by atoms with van der Waals surface area (Å²) in [4.78, 5) is 10.8. The average molecular weight is 265 g/mol. The number of rotatable bonds is 5. The number of hydrogen-bond donors (Lipinski definition) is 0. The smallest absolute Gasteiger partial charge is 0.267 e. The van der Waals surface area contributed by atoms with Crippen molar-refractivity contribution in [3.8, 4) is 0 Å². The van der Waals surface area contributed by atoms with Crippen molar-refractivity contribution < 1.29 is 14.4 Å². The Kier molecular flexibility index (Phi) is 4.50. The van der Waals surface area contributed by atoms with Crippen molar-refractivity contribution in [2.24, 2.45) is 0 Å². The number of hydrogen-bond acceptors (Lipinski definition) is 4. The van der Waals surface area contributed by atoms with Gasteiger partial charge in [0.15, 0.2) is 6.29 Å². The van der Waals surface area contributed by atoms with Crippen molar-refractivity contribution in [3.63, 3.8) is 0 Å². The number of nitro groups is 1. The zero-order valence-corrected chi connectivity index (χ0v) is 11.1. The summed E-state index contributed by atoms with van der Waals surface area (Å²) < 4.78 is 11.0. The Morgan fingerprint density at radius 3 is 2.47 bits per heavy atom. The number of ether oxygens (including phenoxy) is 2. The molecule has 1 aliphatic rings. The van der Waals surface area contributed by atoms with Crippen molar-refractivity contribution in [2.75, 3.05) is 13.2 Å². The topological polar surface area (TPSA) is 61.6 Å². The zero-order valence-electron chi connectivity index (χ0n) is 11.1. The van der Waals surface area contributed by atoms with E-state index in [0.29, 0.717) is 6.42 Å². The summed E-state index contributed by atoms with van der Waals surface area (Å²) in [6.45, 7) is 2.06. The van der Waals surface area contributed by atoms with Crippen LogP contribution in [0.3, 0.4) is 0 Å². The molecule has 104 valence electrons. The van der Waals surface area contributed by atoms with Crippen LogP contribution in [0.25, 0.3) is 0 Å². The van der Waals surface area contributed by atoms with Gasteiger partial charge < -0.3 is 9.47 Å². The summed E-state index contributed by atoms with van der Waals surface area (Å²) in [5.41, 5.74) is 0.153. The van der Waals surface area contributed by atoms with Crippen LogP contribution in [0.5, 0.6) is 0 Å². The van der Waals surface area contributed by atoms with E-state index in [1.54, 1.807) is 6.92 Å². The van der Waals surface area contributed by atoms with Gasteiger partial charge >= 0.3 is 0 Å². The van der Waals surface area contributed by atoms with Gasteiger partial charge in [0, 0.05) is 17.8 Å². The van der Waals surface area contributed by atoms with E-state index in [-0.39, 0.29) is 24.4 Å². The normalized spacial score (nSPS) is 27.1. The lowest BCUT2D eigenvalue weighted by Crippen LogP contribution is -2.52. The van der Waals surface area contributed by atoms with Gasteiger partial charge in [-0.1, -0.05) is 37.3 Å². The Morgan fingerprint density at radius 1 is 1.32 bits per heavy atom. The Bertz CT molecular complexity index is 413. The maximum absolute atomic E-state index is 11.0. The third-order valence-corrected chi connectivity index (χ3v) is 3.63. The van der Waals surface area contributed by atoms with Gasteiger partial charge in [0.2, 0.25) is 0 Å². The molecule has 2 rings (SSSR count). The molecule has 0 bridgehead atoms. The van der Waals surface area contributed by atoms with Gasteiger partial charge in [0.1, 0.15) is 13.2 Å². The molecule has 1 aliphatic heterocycles. The van der Waals surface area contributed by atoms with E-state index in [9.17, 15) is 10.1 Å². The molecule has 19 heavy (non-hydrogen) atoms. The molecule has 1 fully saturated rings. The van der Waals surface area contributed by atoms with E-state index in [2.05, 4.69) is 12.1 Å². The molecule has 0 saturated carbocycles. The van der Waals surface area contributed by atoms with Gasteiger partial charge in [0.25, 0.3) is 5.54 Å². The van der Waals surface area contributed by atoms with Crippen molar-refractivity contribution in [1.82, 2.24) is 0 Å². The average Bonchev–Trinajstić information content (AvgIpc) is 2.46. The standard InChI is InChI=1S/C14H19NO4/c1-2-14(15(16)17)10-18-13(19-11-14)9-8-12-6-4-3-5-7-12/h3-7,13H,2,8-11H2,1H3. The molecule has 0 N–H and O–H groups in total. The SMILES string of the molecule is CCC1([N+](=O)[O-])COC(CCc2ccccc2)OC1. The first-order chi connectivity index (χ1) is 9.16. The lowest BCUT2D eigenvalue weighted by molar-refractivity contribution is -0.592. The monoisotopic (exact) mass is 265 g/mol. The molecule has 1 aromatic rings. The summed E-state index contributed by atoms with van der Waals surface area (Å²) in [5.74, 6) is 0. The second kappa shape index (κ2) is 6.12. The lowest BCUT2D eigenvalue weighted by atomic mass is 9.98. The Balaban J connectivity index is 1.82. The van der Waals surface area contributed by atoms with Crippen LogP contribution in [0.2, 0.25) is 0 Å². The van der Waals surface area contributed by atoms with Crippen molar-refractivity contribution in [2.45, 2.75) is 38.0 Å². The molecule has 5 nitrogen and oxygen atoms in total. The minimum absolute atomic E-state index is 0.135. The van der Waals surface area contributed by atoms with Gasteiger partial charge in [-0.05, 0) is 12.0 Å². The van der Waals surface area contributed by atoms with Crippen molar-refractivity contribution in [1.29, 1.82) is 0 Å². The molecule has 1 heterocycles. The highest BCUT2D eigenvalue weighted by atomic mass is 16.7. The summed E-state index contributed by atoms with van der Waals surface area (Å²) in [7, 11) is 0. The van der Waals surface area contributed by atoms with E-state index in [0.717, 1.165) is 12.8 Å². The van der Waals surface area contributed by atoms with E-state index in [1.165, 1.54) is 5.56 Å². The number of nitrogens with zero attached hydrogens (tertiary/aromatic N) is 1. The van der Waals surface area contributed by atoms with Crippen LogP contribution >= 0.6 is 0 Å². The third-order valence-electron chi connectivity index (χ3n) is 3.63. The highest BCUT2D eigenvalue weighted by Crippen LogP contribution is 2.24. The highest BCUT2D eigenvalue weighted by molar-refractivity contribution is 5.14. The largest absolute Gasteiger partial charge is 0.345 e. The Labute approximate surface area is 112 Å². The molecule has 0 spiro atoms. The first-order valence-electron chi connectivity index (χ1n) is 6.58. The van der Waals surface area contributed by atoms with E-state index < -0.39 is 5.54 Å². The predicted molar refractivity (Wildman–Crippen MR) is 70.5 cm³/mol. The van der Waals surface area contributed by atoms with Crippen LogP contribution in [0.1, 0.15) is 25.3 Å². The molecule has 5 heteroatoms. The molecule has 1 aromatic carbocycles. The minimum Gasteiger partial charge on any atom is -0.345 e. The minimum atomic E-state index is -1.07. The second-order valence-corrected chi connectivity index (χ2v) is 4.91. The molecule has 1 saturated heterocycles. The van der Waals surface area contributed by atoms with Crippen LogP contribution in [-0.4, -0.2) is 30.0 Å². The van der Waals surface area contributed by atoms with Gasteiger partial charge in [-0.3, -0.25) is 10.1 Å². The van der Waals surface area contributed by atoms with Crippen LogP contribution < -0.4 is 0 Å². The van der Waals surface area contributed by atoms with Gasteiger partial charge in [0.05, 0.1) is 0 Å². The number of aryl methyl sites for hydroxylation is 1. The van der Waals surface area contributed by atoms with Crippen LogP contribution in [0.4, 0.5) is 0 Å². The van der Waals surface area contributed by atoms with Crippen LogP contribution in [-0.2, 0) is 15.9 Å². The quantitative estimate of drug-likeness (QED) is 0.606. The molecule has 0 unspecified atom stereocenters. The van der Waals surface area contributed by atoms with E-state index in [4.69, 9.17) is 9.47 Å². The lowest BCUT2D eigenvalue weighted by Gasteiger charge is -2.32. The van der Waals surface area contributed by atoms with Gasteiger partial charge in [-0.2, -0.15) is 0 Å². The van der Waals surface area contributed by atoms with Crippen LogP contribution in [0.15, 0.2) is 30.3 Å². The van der Waals surface area contributed by atoms with Gasteiger partial charge in [-0.25, -0.2) is 0 Å². The maximum atomic E-state index is 11.0. The molecule has 0 aromatic heterocycles. The van der Waals surface area contributed by atoms with E-state index >= 15 is 0 Å². The fourth-order valence-corrected chi connectivity index (χ4v) is 2.12. The fraction of sp³-hybridized carbons (Fsp3) is 0.571. The van der Waals surface area contributed by atoms with Gasteiger partial charge in [-0.15, -0.1) is 0 Å². The van der Waals surface area contributed by atoms with E-state index in [1.807, 2.05) is 18.2 Å². The third kappa shape index (κ3) is 3.30. The molecule has 0 radical (unpaired) electrons. The molecule has 0 aliphatic carbocycles. The summed E-state index contributed by atoms with van der Waals surface area (Å²) in [5, 5.41) is 11.0. The molecule has 0 atom stereocenters. The van der Waals surface area contributed by atoms with Crippen molar-refractivity contribution >= 4 is 0 Å². The van der Waals surface area contributed by atoms with Crippen molar-refractivity contribution in [3.05, 3.63) is 46.0 Å². The molecular formula is C14H19NO4. The maximum Gasteiger partial charge on any atom is 0.267 e. The Hall–Kier alpha value is -1.46. The predicted octanol–water partition coefficient (Wildman–Crippen LogP) is 2.42. The number of benzene rings is 1. The zero-order chi connectivity index (χ0) is 13.7. The summed E-state index contributed by atoms with van der Waals surface area (Å²) >= 11 is 0. The highest BCUT2D eigenvalue weighted by Gasteiger charge is 2.46. The molecule has 0 amide bonds. The van der Waals surface area contributed by atoms with Crippen LogP contribution in [0, 0.1) is 10.1 Å². The summed E-state index contributed by atoms with van der Waals surface area (Å²) in [6, 6.07) is 10.1. The first kappa shape index (κ1) is 14.0. The Morgan fingerprint density at radius 2 is 1.95 bits per heavy atom.